The van der Waals surface area contributed by atoms with Crippen LogP contribution >= 0.6 is 0 Å². The van der Waals surface area contributed by atoms with E-state index in [4.69, 9.17) is 9.47 Å². The van der Waals surface area contributed by atoms with Gasteiger partial charge < -0.3 is 9.47 Å². The Morgan fingerprint density at radius 3 is 2.33 bits per heavy atom. The first-order valence-electron chi connectivity index (χ1n) is 7.94. The van der Waals surface area contributed by atoms with Gasteiger partial charge in [0.25, 0.3) is 0 Å². The van der Waals surface area contributed by atoms with Gasteiger partial charge >= 0.3 is 5.97 Å². The van der Waals surface area contributed by atoms with E-state index in [0.29, 0.717) is 18.7 Å². The van der Waals surface area contributed by atoms with Crippen LogP contribution in [0.4, 0.5) is 0 Å². The second-order valence-corrected chi connectivity index (χ2v) is 5.84. The molecule has 2 aromatic rings. The monoisotopic (exact) mass is 323 g/mol. The molecule has 1 unspecified atom stereocenters. The Morgan fingerprint density at radius 1 is 1.08 bits per heavy atom. The first kappa shape index (κ1) is 16.3. The normalized spacial score (nSPS) is 17.8. The van der Waals surface area contributed by atoms with Gasteiger partial charge in [-0.2, -0.15) is 0 Å². The predicted molar refractivity (Wildman–Crippen MR) is 92.8 cm³/mol. The number of likely N-dealkylation sites (N-methyl/N-ethyl adjacent to an activating group) is 1. The summed E-state index contributed by atoms with van der Waals surface area (Å²) < 4.78 is 10.9. The van der Waals surface area contributed by atoms with Crippen LogP contribution in [0.25, 0.3) is 0 Å². The van der Waals surface area contributed by atoms with E-state index in [1.165, 1.54) is 7.11 Å². The molecular formula is C20H21NO3. The number of ether oxygens (including phenoxy) is 2. The molecule has 0 aromatic heterocycles. The zero-order chi connectivity index (χ0) is 16.9. The number of methoxy groups -OCH3 is 1. The van der Waals surface area contributed by atoms with Crippen molar-refractivity contribution in [3.8, 4) is 5.75 Å². The molecule has 2 aromatic carbocycles. The van der Waals surface area contributed by atoms with Crippen molar-refractivity contribution in [1.29, 1.82) is 0 Å². The Kier molecular flexibility index (Phi) is 4.96. The molecule has 1 aliphatic rings. The third-order valence-electron chi connectivity index (χ3n) is 4.21. The summed E-state index contributed by atoms with van der Waals surface area (Å²) in [5.41, 5.74) is 2.72. The fourth-order valence-electron chi connectivity index (χ4n) is 3.12. The SMILES string of the molecule is COC(=O)C1=C(COc2ccccc2)CN(C)C1c1ccccc1. The molecule has 0 aliphatic carbocycles. The van der Waals surface area contributed by atoms with Crippen LogP contribution in [0.1, 0.15) is 11.6 Å². The molecule has 3 rings (SSSR count). The summed E-state index contributed by atoms with van der Waals surface area (Å²) in [6, 6.07) is 19.5. The van der Waals surface area contributed by atoms with Crippen LogP contribution < -0.4 is 4.74 Å². The summed E-state index contributed by atoms with van der Waals surface area (Å²) in [4.78, 5) is 14.5. The van der Waals surface area contributed by atoms with E-state index in [2.05, 4.69) is 4.90 Å². The van der Waals surface area contributed by atoms with Crippen molar-refractivity contribution < 1.29 is 14.3 Å². The van der Waals surface area contributed by atoms with Gasteiger partial charge in [0.1, 0.15) is 12.4 Å². The highest BCUT2D eigenvalue weighted by atomic mass is 16.5. The molecule has 1 aliphatic heterocycles. The summed E-state index contributed by atoms with van der Waals surface area (Å²) >= 11 is 0. The topological polar surface area (TPSA) is 38.8 Å². The minimum absolute atomic E-state index is 0.104. The standard InChI is InChI=1S/C20H21NO3/c1-21-13-16(14-24-17-11-7-4-8-12-17)18(20(22)23-2)19(21)15-9-5-3-6-10-15/h3-12,19H,13-14H2,1-2H3. The smallest absolute Gasteiger partial charge is 0.335 e. The van der Waals surface area contributed by atoms with Gasteiger partial charge in [-0.3, -0.25) is 4.90 Å². The minimum atomic E-state index is -0.292. The summed E-state index contributed by atoms with van der Waals surface area (Å²) in [6.45, 7) is 1.05. The molecule has 124 valence electrons. The summed E-state index contributed by atoms with van der Waals surface area (Å²) in [5, 5.41) is 0. The maximum atomic E-state index is 12.4. The van der Waals surface area contributed by atoms with Crippen LogP contribution in [0, 0.1) is 0 Å². The molecule has 0 saturated carbocycles. The van der Waals surface area contributed by atoms with Crippen molar-refractivity contribution in [2.45, 2.75) is 6.04 Å². The average Bonchev–Trinajstić information content (AvgIpc) is 2.97. The van der Waals surface area contributed by atoms with Crippen molar-refractivity contribution in [2.75, 3.05) is 27.3 Å². The molecule has 0 radical (unpaired) electrons. The first-order valence-corrected chi connectivity index (χ1v) is 7.94. The quantitative estimate of drug-likeness (QED) is 0.792. The maximum absolute atomic E-state index is 12.4. The highest BCUT2D eigenvalue weighted by Gasteiger charge is 2.36. The molecule has 4 heteroatoms. The number of para-hydroxylation sites is 1. The minimum Gasteiger partial charge on any atom is -0.489 e. The number of rotatable bonds is 5. The summed E-state index contributed by atoms with van der Waals surface area (Å²) in [6.07, 6.45) is 0. The third kappa shape index (κ3) is 3.34. The van der Waals surface area contributed by atoms with Crippen molar-refractivity contribution >= 4 is 5.97 Å². The number of carbonyl (C=O) groups excluding carboxylic acids is 1. The van der Waals surface area contributed by atoms with Crippen LogP contribution in [0.15, 0.2) is 71.8 Å². The lowest BCUT2D eigenvalue weighted by Gasteiger charge is -2.22. The van der Waals surface area contributed by atoms with E-state index < -0.39 is 0 Å². The van der Waals surface area contributed by atoms with Gasteiger partial charge in [-0.25, -0.2) is 4.79 Å². The Bertz CT molecular complexity index is 725. The molecule has 0 amide bonds. The number of hydrogen-bond donors (Lipinski definition) is 0. The van der Waals surface area contributed by atoms with Crippen LogP contribution in [0.3, 0.4) is 0 Å². The third-order valence-corrected chi connectivity index (χ3v) is 4.21. The molecule has 0 fully saturated rings. The van der Waals surface area contributed by atoms with Gasteiger partial charge in [0.05, 0.1) is 18.7 Å². The maximum Gasteiger partial charge on any atom is 0.335 e. The number of carbonyl (C=O) groups is 1. The Morgan fingerprint density at radius 2 is 1.71 bits per heavy atom. The van der Waals surface area contributed by atoms with E-state index in [-0.39, 0.29) is 12.0 Å². The molecule has 0 N–H and O–H groups in total. The molecule has 0 spiro atoms. The second kappa shape index (κ2) is 7.32. The van der Waals surface area contributed by atoms with Crippen LogP contribution in [0.2, 0.25) is 0 Å². The van der Waals surface area contributed by atoms with Gasteiger partial charge in [0, 0.05) is 6.54 Å². The van der Waals surface area contributed by atoms with E-state index in [1.54, 1.807) is 0 Å². The highest BCUT2D eigenvalue weighted by Crippen LogP contribution is 2.36. The molecular weight excluding hydrogens is 302 g/mol. The van der Waals surface area contributed by atoms with Crippen molar-refractivity contribution in [2.24, 2.45) is 0 Å². The van der Waals surface area contributed by atoms with E-state index in [1.807, 2.05) is 67.7 Å². The van der Waals surface area contributed by atoms with Crippen molar-refractivity contribution in [1.82, 2.24) is 4.90 Å². The number of benzene rings is 2. The molecule has 0 bridgehead atoms. The van der Waals surface area contributed by atoms with Crippen molar-refractivity contribution in [3.63, 3.8) is 0 Å². The van der Waals surface area contributed by atoms with E-state index in [0.717, 1.165) is 16.9 Å². The Hall–Kier alpha value is -2.59. The lowest BCUT2D eigenvalue weighted by molar-refractivity contribution is -0.136. The molecule has 24 heavy (non-hydrogen) atoms. The van der Waals surface area contributed by atoms with Gasteiger partial charge in [-0.05, 0) is 30.3 Å². The lowest BCUT2D eigenvalue weighted by Crippen LogP contribution is -2.23. The highest BCUT2D eigenvalue weighted by molar-refractivity contribution is 5.92. The van der Waals surface area contributed by atoms with Crippen LogP contribution in [0.5, 0.6) is 5.75 Å². The van der Waals surface area contributed by atoms with Gasteiger partial charge in [-0.15, -0.1) is 0 Å². The second-order valence-electron chi connectivity index (χ2n) is 5.84. The zero-order valence-corrected chi connectivity index (χ0v) is 13.9. The lowest BCUT2D eigenvalue weighted by atomic mass is 9.98. The summed E-state index contributed by atoms with van der Waals surface area (Å²) in [7, 11) is 3.43. The van der Waals surface area contributed by atoms with E-state index >= 15 is 0 Å². The largest absolute Gasteiger partial charge is 0.489 e. The Balaban J connectivity index is 1.89. The Labute approximate surface area is 142 Å². The average molecular weight is 323 g/mol. The first-order chi connectivity index (χ1) is 11.7. The molecule has 0 saturated heterocycles. The predicted octanol–water partition coefficient (Wildman–Crippen LogP) is 3.22. The van der Waals surface area contributed by atoms with Gasteiger partial charge in [0.15, 0.2) is 0 Å². The molecule has 4 nitrogen and oxygen atoms in total. The van der Waals surface area contributed by atoms with Gasteiger partial charge in [0.2, 0.25) is 0 Å². The number of hydrogen-bond acceptors (Lipinski definition) is 4. The molecule has 1 atom stereocenters. The summed E-state index contributed by atoms with van der Waals surface area (Å²) in [5.74, 6) is 0.500. The van der Waals surface area contributed by atoms with Crippen LogP contribution in [-0.4, -0.2) is 38.2 Å². The number of nitrogens with zero attached hydrogens (tertiary/aromatic N) is 1. The zero-order valence-electron chi connectivity index (χ0n) is 13.9. The van der Waals surface area contributed by atoms with Crippen LogP contribution in [-0.2, 0) is 9.53 Å². The van der Waals surface area contributed by atoms with Gasteiger partial charge in [-0.1, -0.05) is 48.5 Å². The molecule has 1 heterocycles. The number of esters is 1. The fourth-order valence-corrected chi connectivity index (χ4v) is 3.12. The van der Waals surface area contributed by atoms with Crippen molar-refractivity contribution in [3.05, 3.63) is 77.4 Å². The fraction of sp³-hybridized carbons (Fsp3) is 0.250. The van der Waals surface area contributed by atoms with E-state index in [9.17, 15) is 4.79 Å².